The number of amides is 1. The van der Waals surface area contributed by atoms with Crippen molar-refractivity contribution < 1.29 is 13.2 Å². The van der Waals surface area contributed by atoms with Crippen molar-refractivity contribution in [2.75, 3.05) is 24.7 Å². The zero-order valence-electron chi connectivity index (χ0n) is 17.0. The second-order valence-electron chi connectivity index (χ2n) is 7.69. The van der Waals surface area contributed by atoms with Crippen molar-refractivity contribution >= 4 is 38.0 Å². The number of aromatic nitrogens is 2. The normalized spacial score (nSPS) is 15.3. The molecule has 0 aliphatic carbocycles. The van der Waals surface area contributed by atoms with E-state index < -0.39 is 9.84 Å². The molecule has 30 heavy (non-hydrogen) atoms. The molecule has 1 N–H and O–H groups in total. The van der Waals surface area contributed by atoms with E-state index >= 15 is 0 Å². The highest BCUT2D eigenvalue weighted by molar-refractivity contribution is 7.90. The van der Waals surface area contributed by atoms with E-state index in [-0.39, 0.29) is 10.8 Å². The Kier molecular flexibility index (Phi) is 5.42. The van der Waals surface area contributed by atoms with E-state index in [1.807, 2.05) is 29.4 Å². The van der Waals surface area contributed by atoms with Crippen molar-refractivity contribution in [3.05, 3.63) is 54.5 Å². The summed E-state index contributed by atoms with van der Waals surface area (Å²) < 4.78 is 23.3. The Hall–Kier alpha value is -3.00. The molecule has 1 aliphatic rings. The number of pyridine rings is 2. The Balaban J connectivity index is 1.59. The lowest BCUT2D eigenvalue weighted by atomic mass is 9.90. The summed E-state index contributed by atoms with van der Waals surface area (Å²) in [6.07, 6.45) is 6.61. The molecule has 0 bridgehead atoms. The van der Waals surface area contributed by atoms with Crippen LogP contribution < -0.4 is 5.32 Å². The first-order chi connectivity index (χ1) is 14.3. The average Bonchev–Trinajstić information content (AvgIpc) is 2.73. The lowest BCUT2D eigenvalue weighted by Gasteiger charge is -2.31. The fraction of sp³-hybridized carbons (Fsp3) is 0.318. The molecular formula is C22H24N4O3S. The average molecular weight is 425 g/mol. The first-order valence-corrected chi connectivity index (χ1v) is 11.8. The lowest BCUT2D eigenvalue weighted by molar-refractivity contribution is -0.129. The van der Waals surface area contributed by atoms with Gasteiger partial charge in [0.25, 0.3) is 0 Å². The first-order valence-electron chi connectivity index (χ1n) is 9.88. The van der Waals surface area contributed by atoms with Gasteiger partial charge in [-0.1, -0.05) is 0 Å². The molecule has 3 heterocycles. The maximum absolute atomic E-state index is 11.6. The number of rotatable bonds is 4. The van der Waals surface area contributed by atoms with E-state index in [0.717, 1.165) is 48.1 Å². The number of piperidine rings is 1. The van der Waals surface area contributed by atoms with Crippen LogP contribution in [0.5, 0.6) is 0 Å². The summed E-state index contributed by atoms with van der Waals surface area (Å²) >= 11 is 0. The Morgan fingerprint density at radius 3 is 2.43 bits per heavy atom. The fourth-order valence-electron chi connectivity index (χ4n) is 3.88. The van der Waals surface area contributed by atoms with E-state index in [1.54, 1.807) is 31.2 Å². The molecule has 1 amide bonds. The van der Waals surface area contributed by atoms with E-state index in [0.29, 0.717) is 11.7 Å². The predicted molar refractivity (Wildman–Crippen MR) is 117 cm³/mol. The highest BCUT2D eigenvalue weighted by Crippen LogP contribution is 2.32. The molecule has 8 heteroatoms. The number of hydrogen-bond donors (Lipinski definition) is 1. The second kappa shape index (κ2) is 8.02. The molecular weight excluding hydrogens is 400 g/mol. The molecule has 1 aromatic carbocycles. The van der Waals surface area contributed by atoms with Gasteiger partial charge in [-0.3, -0.25) is 9.78 Å². The topological polar surface area (TPSA) is 92.3 Å². The quantitative estimate of drug-likeness (QED) is 0.689. The molecule has 4 rings (SSSR count). The smallest absolute Gasteiger partial charge is 0.219 e. The van der Waals surface area contributed by atoms with Crippen LogP contribution in [0, 0.1) is 0 Å². The third kappa shape index (κ3) is 4.28. The Labute approximate surface area is 176 Å². The molecule has 156 valence electrons. The molecule has 1 saturated heterocycles. The van der Waals surface area contributed by atoms with Crippen LogP contribution >= 0.6 is 0 Å². The van der Waals surface area contributed by atoms with E-state index in [2.05, 4.69) is 15.3 Å². The van der Waals surface area contributed by atoms with E-state index in [1.165, 1.54) is 6.26 Å². The molecule has 0 radical (unpaired) electrons. The first kappa shape index (κ1) is 20.3. The monoisotopic (exact) mass is 424 g/mol. The number of likely N-dealkylation sites (tertiary alicyclic amines) is 1. The summed E-state index contributed by atoms with van der Waals surface area (Å²) in [7, 11) is -3.22. The van der Waals surface area contributed by atoms with Crippen molar-refractivity contribution in [1.29, 1.82) is 0 Å². The zero-order chi connectivity index (χ0) is 21.3. The van der Waals surface area contributed by atoms with Gasteiger partial charge in [0.2, 0.25) is 5.91 Å². The summed E-state index contributed by atoms with van der Waals surface area (Å²) in [6, 6.07) is 10.5. The standard InChI is InChI=1S/C22H24N4O3S/c1-15(27)26-11-8-16(9-12-26)22-20-13-21(24-14-17(20)7-10-23-22)25-18-3-5-19(6-4-18)30(2,28)29/h3-7,10,13-14,16H,8-9,11-12H2,1-2H3,(H,24,25). The van der Waals surface area contributed by atoms with Crippen LogP contribution in [0.15, 0.2) is 53.7 Å². The van der Waals surface area contributed by atoms with Crippen LogP contribution in [0.3, 0.4) is 0 Å². The van der Waals surface area contributed by atoms with Gasteiger partial charge in [-0.15, -0.1) is 0 Å². The number of anilines is 2. The van der Waals surface area contributed by atoms with Crippen LogP contribution in [0.1, 0.15) is 31.4 Å². The molecule has 0 unspecified atom stereocenters. The molecule has 3 aromatic rings. The molecule has 1 fully saturated rings. The summed E-state index contributed by atoms with van der Waals surface area (Å²) in [6.45, 7) is 3.12. The maximum atomic E-state index is 11.6. The number of sulfone groups is 1. The summed E-state index contributed by atoms with van der Waals surface area (Å²) in [5, 5.41) is 5.31. The number of carbonyl (C=O) groups excluding carboxylic acids is 1. The number of carbonyl (C=O) groups is 1. The maximum Gasteiger partial charge on any atom is 0.219 e. The number of fused-ring (bicyclic) bond motifs is 1. The molecule has 1 aliphatic heterocycles. The number of nitrogens with one attached hydrogen (secondary N) is 1. The minimum Gasteiger partial charge on any atom is -0.343 e. The van der Waals surface area contributed by atoms with E-state index in [4.69, 9.17) is 0 Å². The van der Waals surface area contributed by atoms with Gasteiger partial charge in [0.1, 0.15) is 5.82 Å². The number of nitrogens with zero attached hydrogens (tertiary/aromatic N) is 3. The minimum absolute atomic E-state index is 0.122. The zero-order valence-corrected chi connectivity index (χ0v) is 17.8. The largest absolute Gasteiger partial charge is 0.343 e. The summed E-state index contributed by atoms with van der Waals surface area (Å²) in [5.41, 5.74) is 1.79. The van der Waals surface area contributed by atoms with Gasteiger partial charge in [-0.2, -0.15) is 0 Å². The third-order valence-electron chi connectivity index (χ3n) is 5.56. The van der Waals surface area contributed by atoms with Gasteiger partial charge >= 0.3 is 0 Å². The van der Waals surface area contributed by atoms with Crippen LogP contribution in [0.25, 0.3) is 10.8 Å². The molecule has 2 aromatic heterocycles. The predicted octanol–water partition coefficient (Wildman–Crippen LogP) is 3.50. The van der Waals surface area contributed by atoms with Crippen LogP contribution in [0.2, 0.25) is 0 Å². The highest BCUT2D eigenvalue weighted by atomic mass is 32.2. The van der Waals surface area contributed by atoms with Crippen molar-refractivity contribution in [2.24, 2.45) is 0 Å². The second-order valence-corrected chi connectivity index (χ2v) is 9.70. The van der Waals surface area contributed by atoms with Crippen molar-refractivity contribution in [3.63, 3.8) is 0 Å². The van der Waals surface area contributed by atoms with Crippen LogP contribution in [0.4, 0.5) is 11.5 Å². The van der Waals surface area contributed by atoms with Gasteiger partial charge < -0.3 is 10.2 Å². The summed E-state index contributed by atoms with van der Waals surface area (Å²) in [4.78, 5) is 22.9. The van der Waals surface area contributed by atoms with Gasteiger partial charge in [0.15, 0.2) is 9.84 Å². The Morgan fingerprint density at radius 2 is 1.80 bits per heavy atom. The van der Waals surface area contributed by atoms with Gasteiger partial charge in [0.05, 0.1) is 10.6 Å². The van der Waals surface area contributed by atoms with Crippen molar-refractivity contribution in [2.45, 2.75) is 30.6 Å². The Bertz CT molecular complexity index is 1180. The van der Waals surface area contributed by atoms with Gasteiger partial charge in [-0.05, 0) is 49.2 Å². The van der Waals surface area contributed by atoms with Crippen LogP contribution in [-0.2, 0) is 14.6 Å². The molecule has 0 spiro atoms. The third-order valence-corrected chi connectivity index (χ3v) is 6.69. The number of hydrogen-bond acceptors (Lipinski definition) is 6. The highest BCUT2D eigenvalue weighted by Gasteiger charge is 2.24. The van der Waals surface area contributed by atoms with Gasteiger partial charge in [-0.25, -0.2) is 13.4 Å². The lowest BCUT2D eigenvalue weighted by Crippen LogP contribution is -2.36. The SMILES string of the molecule is CC(=O)N1CCC(c2nccc3cnc(Nc4ccc(S(C)(=O)=O)cc4)cc23)CC1. The van der Waals surface area contributed by atoms with Crippen LogP contribution in [-0.4, -0.2) is 48.5 Å². The molecule has 0 atom stereocenters. The van der Waals surface area contributed by atoms with Gasteiger partial charge in [0, 0.05) is 61.0 Å². The molecule has 0 saturated carbocycles. The Morgan fingerprint density at radius 1 is 1.10 bits per heavy atom. The summed E-state index contributed by atoms with van der Waals surface area (Å²) in [5.74, 6) is 1.09. The number of benzene rings is 1. The van der Waals surface area contributed by atoms with Crippen molar-refractivity contribution in [3.8, 4) is 0 Å². The van der Waals surface area contributed by atoms with Crippen molar-refractivity contribution in [1.82, 2.24) is 14.9 Å². The van der Waals surface area contributed by atoms with E-state index in [9.17, 15) is 13.2 Å². The minimum atomic E-state index is -3.22. The molecule has 7 nitrogen and oxygen atoms in total. The fourth-order valence-corrected chi connectivity index (χ4v) is 4.51.